The van der Waals surface area contributed by atoms with Crippen LogP contribution in [0.25, 0.3) is 0 Å². The minimum atomic E-state index is -0.998. The van der Waals surface area contributed by atoms with Gasteiger partial charge in [0.05, 0.1) is 18.6 Å². The molecule has 2 aromatic rings. The Labute approximate surface area is 195 Å². The highest BCUT2D eigenvalue weighted by atomic mass is 16.5. The molecule has 6 nitrogen and oxygen atoms in total. The summed E-state index contributed by atoms with van der Waals surface area (Å²) in [4.78, 5) is 25.2. The summed E-state index contributed by atoms with van der Waals surface area (Å²) >= 11 is 0. The lowest BCUT2D eigenvalue weighted by Gasteiger charge is -2.35. The van der Waals surface area contributed by atoms with E-state index in [9.17, 15) is 14.7 Å². The zero-order valence-corrected chi connectivity index (χ0v) is 19.5. The molecule has 0 bridgehead atoms. The summed E-state index contributed by atoms with van der Waals surface area (Å²) in [5.74, 6) is 0.265. The van der Waals surface area contributed by atoms with E-state index in [1.54, 1.807) is 18.2 Å². The van der Waals surface area contributed by atoms with Crippen LogP contribution in [0.3, 0.4) is 0 Å². The monoisotopic (exact) mass is 454 g/mol. The number of carboxylic acids is 1. The third kappa shape index (κ3) is 6.57. The molecule has 178 valence electrons. The summed E-state index contributed by atoms with van der Waals surface area (Å²) in [6, 6.07) is 13.1. The molecular weight excluding hydrogens is 420 g/mol. The predicted molar refractivity (Wildman–Crippen MR) is 126 cm³/mol. The van der Waals surface area contributed by atoms with Crippen molar-refractivity contribution in [3.63, 3.8) is 0 Å². The van der Waals surface area contributed by atoms with Gasteiger partial charge in [-0.2, -0.15) is 0 Å². The van der Waals surface area contributed by atoms with Crippen LogP contribution in [-0.2, 0) is 11.2 Å². The maximum Gasteiger partial charge on any atom is 0.310 e. The number of ketones is 1. The first-order chi connectivity index (χ1) is 15.8. The first-order valence-corrected chi connectivity index (χ1v) is 11.7. The minimum Gasteiger partial charge on any atom is -0.489 e. The number of aliphatic hydroxyl groups excluding tert-OH is 1. The number of carboxylic acid groups (broad SMARTS) is 1. The first kappa shape index (κ1) is 24.8. The Morgan fingerprint density at radius 1 is 1.03 bits per heavy atom. The zero-order valence-electron chi connectivity index (χ0n) is 19.5. The largest absolute Gasteiger partial charge is 0.489 e. The summed E-state index contributed by atoms with van der Waals surface area (Å²) in [6.07, 6.45) is 3.36. The molecule has 1 aliphatic rings. The molecule has 3 rings (SSSR count). The molecule has 0 radical (unpaired) electrons. The van der Waals surface area contributed by atoms with Crippen molar-refractivity contribution in [1.82, 2.24) is 0 Å². The van der Waals surface area contributed by atoms with Crippen LogP contribution in [0.5, 0.6) is 11.5 Å². The van der Waals surface area contributed by atoms with E-state index in [0.717, 1.165) is 18.4 Å². The van der Waals surface area contributed by atoms with Gasteiger partial charge < -0.3 is 19.7 Å². The highest BCUT2D eigenvalue weighted by Crippen LogP contribution is 2.43. The quantitative estimate of drug-likeness (QED) is 0.472. The maximum atomic E-state index is 13.1. The van der Waals surface area contributed by atoms with Crippen molar-refractivity contribution in [3.05, 3.63) is 59.2 Å². The van der Waals surface area contributed by atoms with Gasteiger partial charge in [-0.05, 0) is 62.3 Å². The van der Waals surface area contributed by atoms with Gasteiger partial charge in [-0.25, -0.2) is 0 Å². The van der Waals surface area contributed by atoms with E-state index in [1.807, 2.05) is 25.1 Å². The second-order valence-corrected chi connectivity index (χ2v) is 9.19. The first-order valence-electron chi connectivity index (χ1n) is 11.7. The highest BCUT2D eigenvalue weighted by molar-refractivity contribution is 5.99. The number of carbonyl (C=O) groups is 2. The van der Waals surface area contributed by atoms with Crippen molar-refractivity contribution in [2.45, 2.75) is 52.4 Å². The number of hydrogen-bond acceptors (Lipinski definition) is 5. The lowest BCUT2D eigenvalue weighted by Crippen LogP contribution is -2.37. The normalized spacial score (nSPS) is 20.3. The number of carbonyl (C=O) groups excluding carboxylic acids is 1. The van der Waals surface area contributed by atoms with Crippen LogP contribution in [0.1, 0.15) is 60.5 Å². The van der Waals surface area contributed by atoms with Gasteiger partial charge in [0.25, 0.3) is 0 Å². The highest BCUT2D eigenvalue weighted by Gasteiger charge is 2.43. The predicted octanol–water partition coefficient (Wildman–Crippen LogP) is 4.84. The third-order valence-corrected chi connectivity index (χ3v) is 6.53. The van der Waals surface area contributed by atoms with Crippen molar-refractivity contribution in [2.24, 2.45) is 11.3 Å². The van der Waals surface area contributed by atoms with Crippen LogP contribution in [0.2, 0.25) is 0 Å². The number of Topliss-reactive ketones (excluding diaryl/α,β-unsaturated/α-hetero) is 1. The van der Waals surface area contributed by atoms with Crippen molar-refractivity contribution < 1.29 is 29.3 Å². The van der Waals surface area contributed by atoms with Gasteiger partial charge in [0.1, 0.15) is 6.61 Å². The Morgan fingerprint density at radius 3 is 2.42 bits per heavy atom. The molecule has 1 saturated carbocycles. The summed E-state index contributed by atoms with van der Waals surface area (Å²) in [5.41, 5.74) is 1.74. The van der Waals surface area contributed by atoms with E-state index >= 15 is 0 Å². The molecule has 6 heteroatoms. The van der Waals surface area contributed by atoms with E-state index in [1.165, 1.54) is 5.56 Å². The maximum absolute atomic E-state index is 13.1. The Bertz CT molecular complexity index is 959. The average Bonchev–Trinajstić information content (AvgIpc) is 2.79. The molecule has 2 aromatic carbocycles. The van der Waals surface area contributed by atoms with Crippen molar-refractivity contribution in [3.8, 4) is 11.5 Å². The molecule has 0 spiro atoms. The van der Waals surface area contributed by atoms with E-state index in [4.69, 9.17) is 14.6 Å². The van der Waals surface area contributed by atoms with Crippen molar-refractivity contribution >= 4 is 11.8 Å². The SMILES string of the molecule is Cc1cccc(CCOc2cc(C(=O)CC3(C(=O)O)CCC(C)CC3)ccc2OCCO)c1. The van der Waals surface area contributed by atoms with Crippen LogP contribution in [0.4, 0.5) is 0 Å². The van der Waals surface area contributed by atoms with Crippen LogP contribution in [0.15, 0.2) is 42.5 Å². The van der Waals surface area contributed by atoms with Crippen LogP contribution in [-0.4, -0.2) is 41.8 Å². The fraction of sp³-hybridized carbons (Fsp3) is 0.481. The summed E-state index contributed by atoms with van der Waals surface area (Å²) in [5, 5.41) is 19.0. The number of hydrogen-bond donors (Lipinski definition) is 2. The van der Waals surface area contributed by atoms with Crippen LogP contribution in [0, 0.1) is 18.3 Å². The van der Waals surface area contributed by atoms with Crippen LogP contribution >= 0.6 is 0 Å². The molecular formula is C27H34O6. The molecule has 0 aromatic heterocycles. The number of aryl methyl sites for hydroxylation is 1. The molecule has 0 aliphatic heterocycles. The standard InChI is InChI=1S/C27H34O6/c1-19-8-11-27(12-9-19,26(30)31)18-23(29)22-6-7-24(33-15-13-28)25(17-22)32-14-10-21-5-3-4-20(2)16-21/h3-7,16-17,19,28H,8-15,18H2,1-2H3,(H,30,31). The Kier molecular flexibility index (Phi) is 8.50. The molecule has 0 amide bonds. The molecule has 1 fully saturated rings. The number of ether oxygens (including phenoxy) is 2. The number of rotatable bonds is 11. The lowest BCUT2D eigenvalue weighted by atomic mass is 9.68. The fourth-order valence-electron chi connectivity index (χ4n) is 4.41. The number of aliphatic carboxylic acids is 1. The van der Waals surface area contributed by atoms with Gasteiger partial charge >= 0.3 is 5.97 Å². The van der Waals surface area contributed by atoms with Gasteiger partial charge in [-0.1, -0.05) is 36.8 Å². The van der Waals surface area contributed by atoms with Gasteiger partial charge in [-0.3, -0.25) is 9.59 Å². The van der Waals surface area contributed by atoms with Gasteiger partial charge in [0, 0.05) is 18.4 Å². The molecule has 0 atom stereocenters. The zero-order chi connectivity index (χ0) is 23.8. The summed E-state index contributed by atoms with van der Waals surface area (Å²) in [7, 11) is 0. The van der Waals surface area contributed by atoms with Gasteiger partial charge in [-0.15, -0.1) is 0 Å². The van der Waals surface area contributed by atoms with E-state index in [2.05, 4.69) is 13.0 Å². The summed E-state index contributed by atoms with van der Waals surface area (Å²) in [6.45, 7) is 4.54. The average molecular weight is 455 g/mol. The van der Waals surface area contributed by atoms with Crippen molar-refractivity contribution in [2.75, 3.05) is 19.8 Å². The lowest BCUT2D eigenvalue weighted by molar-refractivity contribution is -0.151. The van der Waals surface area contributed by atoms with E-state index in [-0.39, 0.29) is 25.4 Å². The van der Waals surface area contributed by atoms with Gasteiger partial charge in [0.2, 0.25) is 0 Å². The summed E-state index contributed by atoms with van der Waals surface area (Å²) < 4.78 is 11.6. The fourth-order valence-corrected chi connectivity index (χ4v) is 4.41. The van der Waals surface area contributed by atoms with Gasteiger partial charge in [0.15, 0.2) is 17.3 Å². The van der Waals surface area contributed by atoms with Crippen molar-refractivity contribution in [1.29, 1.82) is 0 Å². The molecule has 0 unspecified atom stereocenters. The molecule has 0 heterocycles. The Morgan fingerprint density at radius 2 is 1.76 bits per heavy atom. The molecule has 0 saturated heterocycles. The topological polar surface area (TPSA) is 93.1 Å². The molecule has 1 aliphatic carbocycles. The van der Waals surface area contributed by atoms with Crippen LogP contribution < -0.4 is 9.47 Å². The Hall–Kier alpha value is -2.86. The minimum absolute atomic E-state index is 0.0192. The molecule has 33 heavy (non-hydrogen) atoms. The number of aliphatic hydroxyl groups is 1. The van der Waals surface area contributed by atoms with E-state index in [0.29, 0.717) is 48.8 Å². The molecule has 2 N–H and O–H groups in total. The second kappa shape index (κ2) is 11.3. The third-order valence-electron chi connectivity index (χ3n) is 6.53. The number of benzene rings is 2. The second-order valence-electron chi connectivity index (χ2n) is 9.19. The van der Waals surface area contributed by atoms with E-state index < -0.39 is 11.4 Å². The Balaban J connectivity index is 1.74. The smallest absolute Gasteiger partial charge is 0.310 e.